The number of nitrogens with zero attached hydrogens (tertiary/aromatic N) is 3. The van der Waals surface area contributed by atoms with Gasteiger partial charge in [-0.25, -0.2) is 0 Å². The van der Waals surface area contributed by atoms with E-state index in [-0.39, 0.29) is 10.6 Å². The maximum absolute atomic E-state index is 11.6. The van der Waals surface area contributed by atoms with Crippen molar-refractivity contribution >= 4 is 28.7 Å². The molecular weight excluding hydrogens is 448 g/mol. The Bertz CT molecular complexity index is 1730. The molecule has 36 heavy (non-hydrogen) atoms. The fourth-order valence-electron chi connectivity index (χ4n) is 5.79. The van der Waals surface area contributed by atoms with Gasteiger partial charge in [-0.05, 0) is 28.8 Å². The third-order valence-electron chi connectivity index (χ3n) is 7.50. The lowest BCUT2D eigenvalue weighted by atomic mass is 9.85. The van der Waals surface area contributed by atoms with Crippen LogP contribution in [0.1, 0.15) is 22.3 Å². The quantitative estimate of drug-likeness (QED) is 0.221. The van der Waals surface area contributed by atoms with Crippen LogP contribution in [0.5, 0.6) is 0 Å². The van der Waals surface area contributed by atoms with Crippen LogP contribution in [0.3, 0.4) is 0 Å². The Labute approximate surface area is 207 Å². The summed E-state index contributed by atoms with van der Waals surface area (Å²) in [5.41, 5.74) is 10.7. The number of pyridine rings is 2. The van der Waals surface area contributed by atoms with Gasteiger partial charge in [-0.15, -0.1) is 0 Å². The highest BCUT2D eigenvalue weighted by molar-refractivity contribution is 5.98. The van der Waals surface area contributed by atoms with E-state index < -0.39 is 0 Å². The van der Waals surface area contributed by atoms with E-state index in [1.54, 1.807) is 12.1 Å². The number of non-ortho nitro benzene ring substituents is 1. The van der Waals surface area contributed by atoms with Gasteiger partial charge in [0.1, 0.15) is 0 Å². The molecule has 174 valence electrons. The number of aromatic nitrogens is 3. The molecule has 5 aromatic rings. The van der Waals surface area contributed by atoms with Crippen molar-refractivity contribution in [1.29, 1.82) is 0 Å². The predicted octanol–water partition coefficient (Wildman–Crippen LogP) is 5.27. The SMILES string of the molecule is O=[N+]([O-])c1cccc2[nH]cc(/C=C/c3cc[n+]4c(c3)-c3c(ccc5c3-c3cccc[n+]3CC5)CC4)c12. The normalized spacial score (nSPS) is 13.8. The van der Waals surface area contributed by atoms with Crippen LogP contribution < -0.4 is 9.13 Å². The maximum atomic E-state index is 11.6. The second-order valence-corrected chi connectivity index (χ2v) is 9.49. The lowest BCUT2D eigenvalue weighted by molar-refractivity contribution is -0.689. The molecule has 7 rings (SSSR count). The Balaban J connectivity index is 1.35. The number of nitro groups is 1. The lowest BCUT2D eigenvalue weighted by Gasteiger charge is -2.22. The Morgan fingerprint density at radius 1 is 0.833 bits per heavy atom. The van der Waals surface area contributed by atoms with Crippen molar-refractivity contribution in [3.8, 4) is 22.5 Å². The van der Waals surface area contributed by atoms with Gasteiger partial charge in [0.15, 0.2) is 25.5 Å². The van der Waals surface area contributed by atoms with Crippen LogP contribution in [-0.4, -0.2) is 9.91 Å². The second-order valence-electron chi connectivity index (χ2n) is 9.49. The highest BCUT2D eigenvalue weighted by atomic mass is 16.6. The molecule has 6 heteroatoms. The van der Waals surface area contributed by atoms with Crippen LogP contribution in [-0.2, 0) is 25.9 Å². The van der Waals surface area contributed by atoms with E-state index >= 15 is 0 Å². The zero-order chi connectivity index (χ0) is 24.2. The van der Waals surface area contributed by atoms with Crippen molar-refractivity contribution < 1.29 is 14.1 Å². The van der Waals surface area contributed by atoms with Crippen LogP contribution in [0.15, 0.2) is 79.3 Å². The molecule has 0 radical (unpaired) electrons. The van der Waals surface area contributed by atoms with Crippen LogP contribution in [0.2, 0.25) is 0 Å². The molecule has 0 amide bonds. The molecule has 0 saturated carbocycles. The van der Waals surface area contributed by atoms with E-state index in [0.717, 1.165) is 42.6 Å². The Morgan fingerprint density at radius 3 is 2.42 bits per heavy atom. The topological polar surface area (TPSA) is 66.7 Å². The summed E-state index contributed by atoms with van der Waals surface area (Å²) < 4.78 is 4.70. The number of hydrogen-bond donors (Lipinski definition) is 1. The largest absolute Gasteiger partial charge is 0.360 e. The summed E-state index contributed by atoms with van der Waals surface area (Å²) in [7, 11) is 0. The Kier molecular flexibility index (Phi) is 4.61. The van der Waals surface area contributed by atoms with E-state index in [0.29, 0.717) is 5.39 Å². The molecule has 5 heterocycles. The number of nitrogens with one attached hydrogen (secondary N) is 1. The Hall–Kier alpha value is -4.58. The molecule has 0 unspecified atom stereocenters. The molecule has 2 aliphatic rings. The number of nitro benzene ring substituents is 1. The predicted molar refractivity (Wildman–Crippen MR) is 139 cm³/mol. The van der Waals surface area contributed by atoms with Crippen molar-refractivity contribution in [2.24, 2.45) is 0 Å². The van der Waals surface area contributed by atoms with Crippen LogP contribution in [0, 0.1) is 10.1 Å². The van der Waals surface area contributed by atoms with Crippen LogP contribution in [0.4, 0.5) is 5.69 Å². The minimum absolute atomic E-state index is 0.117. The van der Waals surface area contributed by atoms with Crippen molar-refractivity contribution in [2.45, 2.75) is 25.9 Å². The van der Waals surface area contributed by atoms with E-state index in [2.05, 4.69) is 69.0 Å². The zero-order valence-corrected chi connectivity index (χ0v) is 19.6. The molecule has 0 atom stereocenters. The number of aryl methyl sites for hydroxylation is 4. The third-order valence-corrected chi connectivity index (χ3v) is 7.50. The van der Waals surface area contributed by atoms with Crippen molar-refractivity contribution in [3.63, 3.8) is 0 Å². The number of rotatable bonds is 3. The van der Waals surface area contributed by atoms with E-state index in [1.165, 1.54) is 33.6 Å². The molecule has 6 nitrogen and oxygen atoms in total. The van der Waals surface area contributed by atoms with Gasteiger partial charge in [-0.2, -0.15) is 9.13 Å². The van der Waals surface area contributed by atoms with Crippen molar-refractivity contribution in [2.75, 3.05) is 0 Å². The number of H-pyrrole nitrogens is 1. The van der Waals surface area contributed by atoms with Gasteiger partial charge in [0.25, 0.3) is 5.69 Å². The first-order chi connectivity index (χ1) is 17.7. The molecule has 0 fully saturated rings. The van der Waals surface area contributed by atoms with Crippen molar-refractivity contribution in [1.82, 2.24) is 4.98 Å². The van der Waals surface area contributed by atoms with E-state index in [4.69, 9.17) is 0 Å². The monoisotopic (exact) mass is 472 g/mol. The van der Waals surface area contributed by atoms with Crippen molar-refractivity contribution in [3.05, 3.63) is 112 Å². The molecule has 0 bridgehead atoms. The van der Waals surface area contributed by atoms with Crippen LogP contribution >= 0.6 is 0 Å². The maximum Gasteiger partial charge on any atom is 0.279 e. The lowest BCUT2D eigenvalue weighted by Crippen LogP contribution is -2.43. The molecule has 2 aromatic carbocycles. The average Bonchev–Trinajstić information content (AvgIpc) is 3.34. The van der Waals surface area contributed by atoms with E-state index in [9.17, 15) is 10.1 Å². The molecule has 1 N–H and O–H groups in total. The third kappa shape index (κ3) is 3.18. The summed E-state index contributed by atoms with van der Waals surface area (Å²) in [6, 6.07) is 20.6. The average molecular weight is 473 g/mol. The summed E-state index contributed by atoms with van der Waals surface area (Å²) in [6.45, 7) is 1.95. The molecule has 3 aromatic heterocycles. The smallest absolute Gasteiger partial charge is 0.279 e. The zero-order valence-electron chi connectivity index (χ0n) is 19.6. The molecule has 0 spiro atoms. The van der Waals surface area contributed by atoms with Crippen LogP contribution in [0.25, 0.3) is 45.6 Å². The van der Waals surface area contributed by atoms with Gasteiger partial charge in [-0.3, -0.25) is 10.1 Å². The number of aromatic amines is 1. The first kappa shape index (κ1) is 20.8. The highest BCUT2D eigenvalue weighted by Crippen LogP contribution is 2.39. The molecule has 0 aliphatic carbocycles. The summed E-state index contributed by atoms with van der Waals surface area (Å²) >= 11 is 0. The highest BCUT2D eigenvalue weighted by Gasteiger charge is 2.33. The summed E-state index contributed by atoms with van der Waals surface area (Å²) in [6.07, 6.45) is 12.2. The number of hydrogen-bond acceptors (Lipinski definition) is 2. The van der Waals surface area contributed by atoms with E-state index in [1.807, 2.05) is 24.4 Å². The molecular formula is C30H24N4O2+2. The van der Waals surface area contributed by atoms with Gasteiger partial charge < -0.3 is 4.98 Å². The minimum Gasteiger partial charge on any atom is -0.360 e. The molecule has 0 saturated heterocycles. The van der Waals surface area contributed by atoms with Gasteiger partial charge in [-0.1, -0.05) is 30.4 Å². The first-order valence-corrected chi connectivity index (χ1v) is 12.3. The summed E-state index contributed by atoms with van der Waals surface area (Å²) in [5.74, 6) is 0. The van der Waals surface area contributed by atoms with Gasteiger partial charge in [0.05, 0.1) is 27.0 Å². The van der Waals surface area contributed by atoms with Gasteiger partial charge >= 0.3 is 0 Å². The fourth-order valence-corrected chi connectivity index (χ4v) is 5.79. The second kappa shape index (κ2) is 7.99. The minimum atomic E-state index is -0.320. The first-order valence-electron chi connectivity index (χ1n) is 12.3. The van der Waals surface area contributed by atoms with Gasteiger partial charge in [0, 0.05) is 54.9 Å². The van der Waals surface area contributed by atoms with Gasteiger partial charge in [0.2, 0.25) is 11.4 Å². The standard InChI is InChI=1S/C30H23N4O2/c35-34(36)26-6-3-4-24-28(26)23(19-31-24)8-7-20-11-15-33-17-13-22-10-9-21-12-16-32-14-2-1-5-25(32)29(21)30(22)27(33)18-20/h1-11,14-15,18-19H,12-13,16-17H2/q+1/p+1. The number of benzene rings is 2. The molecule has 2 aliphatic heterocycles. The number of fused-ring (bicyclic) bond motifs is 8. The Morgan fingerprint density at radius 2 is 1.61 bits per heavy atom. The fraction of sp³-hybridized carbons (Fsp3) is 0.133. The summed E-state index contributed by atoms with van der Waals surface area (Å²) in [5, 5.41) is 12.2. The summed E-state index contributed by atoms with van der Waals surface area (Å²) in [4.78, 5) is 14.4.